The SMILES string of the molecule is [Pt].[c-]1c(Oc2[c-]c3c(cc2)c2ccccc2n3-c2nc3ccccc3n2-c2ccccc2)cccc1-n1[c-][n+](-c2ccccc2-c2ccccc2)cc1. The third-order valence-corrected chi connectivity index (χ3v) is 9.38. The Balaban J connectivity index is 0.00000372. The summed E-state index contributed by atoms with van der Waals surface area (Å²) in [5, 5.41) is 2.18. The summed E-state index contributed by atoms with van der Waals surface area (Å²) in [6.45, 7) is 0. The van der Waals surface area contributed by atoms with Gasteiger partial charge in [-0.2, -0.15) is 18.2 Å². The fourth-order valence-electron chi connectivity index (χ4n) is 7.02. The Bertz CT molecular complexity index is 2890. The Kier molecular flexibility index (Phi) is 8.30. The van der Waals surface area contributed by atoms with Crippen LogP contribution in [0.25, 0.3) is 67.0 Å². The number of nitrogens with zero attached hydrogens (tertiary/aromatic N) is 5. The van der Waals surface area contributed by atoms with Gasteiger partial charge < -0.3 is 13.9 Å². The summed E-state index contributed by atoms with van der Waals surface area (Å²) in [5.41, 5.74) is 9.01. The summed E-state index contributed by atoms with van der Waals surface area (Å²) < 4.78 is 14.8. The number of aromatic nitrogens is 5. The molecule has 0 bridgehead atoms. The average Bonchev–Trinajstić information content (AvgIpc) is 3.93. The predicted molar refractivity (Wildman–Crippen MR) is 205 cm³/mol. The van der Waals surface area contributed by atoms with Crippen molar-refractivity contribution in [1.82, 2.24) is 18.7 Å². The molecule has 3 aromatic heterocycles. The Hall–Kier alpha value is -6.49. The molecule has 0 aliphatic carbocycles. The fraction of sp³-hybridized carbons (Fsp3) is 0. The maximum atomic E-state index is 6.49. The first-order valence-corrected chi connectivity index (χ1v) is 17.1. The van der Waals surface area contributed by atoms with E-state index >= 15 is 0 Å². The molecule has 7 heteroatoms. The molecule has 0 spiro atoms. The molecule has 0 amide bonds. The summed E-state index contributed by atoms with van der Waals surface area (Å²) >= 11 is 0. The summed E-state index contributed by atoms with van der Waals surface area (Å²) in [6.07, 6.45) is 7.45. The van der Waals surface area contributed by atoms with Crippen molar-refractivity contribution in [2.45, 2.75) is 0 Å². The van der Waals surface area contributed by atoms with E-state index in [2.05, 4.69) is 143 Å². The molecule has 0 fully saturated rings. The van der Waals surface area contributed by atoms with E-state index in [1.807, 2.05) is 70.1 Å². The molecule has 0 aliphatic heterocycles. The molecule has 0 N–H and O–H groups in total. The third-order valence-electron chi connectivity index (χ3n) is 9.38. The minimum Gasteiger partial charge on any atom is -0.510 e. The second kappa shape index (κ2) is 13.6. The molecule has 0 saturated carbocycles. The zero-order chi connectivity index (χ0) is 34.4. The normalized spacial score (nSPS) is 11.2. The van der Waals surface area contributed by atoms with E-state index in [4.69, 9.17) is 9.72 Å². The van der Waals surface area contributed by atoms with Gasteiger partial charge in [-0.15, -0.1) is 29.7 Å². The van der Waals surface area contributed by atoms with E-state index in [0.29, 0.717) is 11.5 Å². The van der Waals surface area contributed by atoms with Gasteiger partial charge in [0.2, 0.25) is 5.95 Å². The number of hydrogen-bond donors (Lipinski definition) is 0. The van der Waals surface area contributed by atoms with Crippen molar-refractivity contribution >= 4 is 32.8 Å². The van der Waals surface area contributed by atoms with Gasteiger partial charge in [0.1, 0.15) is 0 Å². The summed E-state index contributed by atoms with van der Waals surface area (Å²) in [4.78, 5) is 5.19. The van der Waals surface area contributed by atoms with E-state index in [1.165, 1.54) is 0 Å². The van der Waals surface area contributed by atoms with Crippen molar-refractivity contribution in [2.75, 3.05) is 0 Å². The molecule has 10 aromatic rings. The van der Waals surface area contributed by atoms with Gasteiger partial charge >= 0.3 is 0 Å². The molecular formula is C46H29N5OPt-2. The maximum Gasteiger partial charge on any atom is 0.267 e. The van der Waals surface area contributed by atoms with Crippen LogP contribution in [0.3, 0.4) is 0 Å². The van der Waals surface area contributed by atoms with Gasteiger partial charge in [0.15, 0.2) is 0 Å². The molecule has 0 unspecified atom stereocenters. The Morgan fingerprint density at radius 2 is 1.28 bits per heavy atom. The average molecular weight is 863 g/mol. The molecular weight excluding hydrogens is 834 g/mol. The van der Waals surface area contributed by atoms with Crippen LogP contribution in [-0.2, 0) is 21.1 Å². The van der Waals surface area contributed by atoms with Crippen LogP contribution in [0.4, 0.5) is 0 Å². The molecule has 7 aromatic carbocycles. The molecule has 10 rings (SSSR count). The van der Waals surface area contributed by atoms with Gasteiger partial charge in [0, 0.05) is 56.2 Å². The first kappa shape index (κ1) is 32.4. The number of hydrogen-bond acceptors (Lipinski definition) is 2. The summed E-state index contributed by atoms with van der Waals surface area (Å²) in [6, 6.07) is 62.7. The largest absolute Gasteiger partial charge is 0.510 e. The van der Waals surface area contributed by atoms with Crippen molar-refractivity contribution in [3.63, 3.8) is 0 Å². The standard InChI is InChI=1S/C46H29N5O.Pt/c1-3-14-33(15-4-1)38-20-7-10-23-42(38)49-29-28-48(32-49)35-18-13-19-36(30-35)52-37-26-27-40-39-21-8-11-24-43(39)51(45(40)31-37)46-47-41-22-9-12-25-44(41)50(46)34-16-5-2-6-17-34;/h1-29H;/q-2;. The topological polar surface area (TPSA) is 40.8 Å². The molecule has 6 nitrogen and oxygen atoms in total. The zero-order valence-corrected chi connectivity index (χ0v) is 30.5. The molecule has 256 valence electrons. The van der Waals surface area contributed by atoms with Crippen molar-refractivity contribution in [3.05, 3.63) is 195 Å². The minimum atomic E-state index is 0. The second-order valence-corrected chi connectivity index (χ2v) is 12.5. The van der Waals surface area contributed by atoms with E-state index in [0.717, 1.165) is 67.0 Å². The predicted octanol–water partition coefficient (Wildman–Crippen LogP) is 10.0. The van der Waals surface area contributed by atoms with Crippen LogP contribution in [-0.4, -0.2) is 18.7 Å². The van der Waals surface area contributed by atoms with Crippen LogP contribution in [0.2, 0.25) is 0 Å². The van der Waals surface area contributed by atoms with Crippen molar-refractivity contribution in [3.8, 4) is 45.6 Å². The molecule has 53 heavy (non-hydrogen) atoms. The molecule has 0 aliphatic rings. The van der Waals surface area contributed by atoms with Crippen LogP contribution < -0.4 is 9.30 Å². The van der Waals surface area contributed by atoms with Gasteiger partial charge in [-0.1, -0.05) is 103 Å². The number of imidazole rings is 2. The smallest absolute Gasteiger partial charge is 0.267 e. The quantitative estimate of drug-likeness (QED) is 0.118. The van der Waals surface area contributed by atoms with E-state index in [1.54, 1.807) is 0 Å². The molecule has 0 radical (unpaired) electrons. The van der Waals surface area contributed by atoms with Gasteiger partial charge in [0.05, 0.1) is 16.7 Å². The monoisotopic (exact) mass is 862 g/mol. The van der Waals surface area contributed by atoms with Crippen molar-refractivity contribution < 1.29 is 30.4 Å². The maximum absolute atomic E-state index is 6.49. The second-order valence-electron chi connectivity index (χ2n) is 12.5. The minimum absolute atomic E-state index is 0. The molecule has 3 heterocycles. The van der Waals surface area contributed by atoms with Crippen LogP contribution >= 0.6 is 0 Å². The summed E-state index contributed by atoms with van der Waals surface area (Å²) in [5.74, 6) is 1.94. The van der Waals surface area contributed by atoms with Gasteiger partial charge in [-0.05, 0) is 58.6 Å². The van der Waals surface area contributed by atoms with Crippen molar-refractivity contribution in [1.29, 1.82) is 0 Å². The molecule has 0 saturated heterocycles. The van der Waals surface area contributed by atoms with Crippen LogP contribution in [0.5, 0.6) is 11.5 Å². The van der Waals surface area contributed by atoms with E-state index in [-0.39, 0.29) is 21.1 Å². The number of ether oxygens (including phenoxy) is 1. The number of para-hydroxylation sites is 5. The number of rotatable bonds is 7. The van der Waals surface area contributed by atoms with Gasteiger partial charge in [-0.25, -0.2) is 4.98 Å². The third kappa shape index (κ3) is 5.74. The Morgan fingerprint density at radius 1 is 0.566 bits per heavy atom. The molecule has 0 atom stereocenters. The number of benzene rings is 7. The Morgan fingerprint density at radius 3 is 2.15 bits per heavy atom. The first-order chi connectivity index (χ1) is 25.8. The van der Waals surface area contributed by atoms with Crippen LogP contribution in [0.15, 0.2) is 176 Å². The van der Waals surface area contributed by atoms with Crippen LogP contribution in [0, 0.1) is 18.5 Å². The van der Waals surface area contributed by atoms with Crippen LogP contribution in [0.1, 0.15) is 0 Å². The Labute approximate surface area is 320 Å². The fourth-order valence-corrected chi connectivity index (χ4v) is 7.02. The van der Waals surface area contributed by atoms with E-state index < -0.39 is 0 Å². The van der Waals surface area contributed by atoms with Gasteiger partial charge in [0.25, 0.3) is 6.33 Å². The number of fused-ring (bicyclic) bond motifs is 4. The van der Waals surface area contributed by atoms with Crippen molar-refractivity contribution in [2.24, 2.45) is 0 Å². The first-order valence-electron chi connectivity index (χ1n) is 17.1. The summed E-state index contributed by atoms with van der Waals surface area (Å²) in [7, 11) is 0. The van der Waals surface area contributed by atoms with E-state index in [9.17, 15) is 0 Å². The van der Waals surface area contributed by atoms with Gasteiger partial charge in [-0.3, -0.25) is 9.13 Å². The zero-order valence-electron chi connectivity index (χ0n) is 28.2.